The van der Waals surface area contributed by atoms with Crippen molar-refractivity contribution in [2.24, 2.45) is 0 Å². The summed E-state index contributed by atoms with van der Waals surface area (Å²) in [6, 6.07) is 0. The van der Waals surface area contributed by atoms with E-state index in [1.54, 1.807) is 0 Å². The van der Waals surface area contributed by atoms with E-state index in [1.165, 1.54) is 0 Å². The van der Waals surface area contributed by atoms with Crippen LogP contribution in [0.15, 0.2) is 0 Å². The van der Waals surface area contributed by atoms with E-state index in [0.29, 0.717) is 13.2 Å². The SMILES string of the molecule is O=S(=O)(O)CCS(=O)(=O)O.OCCOCCO. The molecule has 0 aromatic heterocycles. The van der Waals surface area contributed by atoms with Crippen molar-refractivity contribution in [1.29, 1.82) is 0 Å². The Kier molecular flexibility index (Phi) is 10.9. The second-order valence-corrected chi connectivity index (χ2v) is 5.78. The molecule has 0 bridgehead atoms. The molecule has 4 N–H and O–H groups in total. The Hall–Kier alpha value is -0.300. The summed E-state index contributed by atoms with van der Waals surface area (Å²) in [7, 11) is -8.59. The van der Waals surface area contributed by atoms with Gasteiger partial charge in [-0.05, 0) is 0 Å². The van der Waals surface area contributed by atoms with Crippen LogP contribution in [0.2, 0.25) is 0 Å². The zero-order valence-corrected chi connectivity index (χ0v) is 10.5. The zero-order chi connectivity index (χ0) is 13.9. The van der Waals surface area contributed by atoms with Gasteiger partial charge in [0.25, 0.3) is 20.2 Å². The Morgan fingerprint density at radius 1 is 0.765 bits per heavy atom. The number of hydrogen-bond acceptors (Lipinski definition) is 7. The number of rotatable bonds is 7. The molecule has 0 unspecified atom stereocenters. The van der Waals surface area contributed by atoms with Crippen LogP contribution >= 0.6 is 0 Å². The minimum absolute atomic E-state index is 0.0278. The van der Waals surface area contributed by atoms with Gasteiger partial charge >= 0.3 is 0 Å². The van der Waals surface area contributed by atoms with Crippen LogP contribution in [0.5, 0.6) is 0 Å². The maximum Gasteiger partial charge on any atom is 0.265 e. The summed E-state index contributed by atoms with van der Waals surface area (Å²) in [6.45, 7) is 0.696. The number of aliphatic hydroxyl groups is 2. The van der Waals surface area contributed by atoms with Crippen LogP contribution in [0.25, 0.3) is 0 Å². The molecule has 0 saturated heterocycles. The Bertz CT molecular complexity index is 321. The summed E-state index contributed by atoms with van der Waals surface area (Å²) < 4.78 is 60.0. The van der Waals surface area contributed by atoms with Crippen LogP contribution in [0.1, 0.15) is 0 Å². The molecule has 0 radical (unpaired) electrons. The average Bonchev–Trinajstić information content (AvgIpc) is 2.15. The molecule has 0 saturated carbocycles. The van der Waals surface area contributed by atoms with Gasteiger partial charge < -0.3 is 14.9 Å². The van der Waals surface area contributed by atoms with Gasteiger partial charge in [-0.2, -0.15) is 16.8 Å². The van der Waals surface area contributed by atoms with Crippen LogP contribution in [0, 0.1) is 0 Å². The first kappa shape index (κ1) is 19.0. The molecule has 0 aliphatic rings. The molecule has 0 atom stereocenters. The van der Waals surface area contributed by atoms with Crippen molar-refractivity contribution in [3.63, 3.8) is 0 Å². The Morgan fingerprint density at radius 2 is 1.06 bits per heavy atom. The van der Waals surface area contributed by atoms with E-state index in [-0.39, 0.29) is 13.2 Å². The normalized spacial score (nSPS) is 11.8. The summed E-state index contributed by atoms with van der Waals surface area (Å²) >= 11 is 0. The van der Waals surface area contributed by atoms with Crippen molar-refractivity contribution in [3.8, 4) is 0 Å². The highest BCUT2D eigenvalue weighted by atomic mass is 32.2. The van der Waals surface area contributed by atoms with E-state index in [1.807, 2.05) is 0 Å². The minimum Gasteiger partial charge on any atom is -0.394 e. The fourth-order valence-corrected chi connectivity index (χ4v) is 2.13. The van der Waals surface area contributed by atoms with Crippen LogP contribution in [0.4, 0.5) is 0 Å². The summed E-state index contributed by atoms with van der Waals surface area (Å²) in [5.41, 5.74) is 0. The first-order chi connectivity index (χ1) is 7.62. The van der Waals surface area contributed by atoms with Crippen molar-refractivity contribution in [1.82, 2.24) is 0 Å². The van der Waals surface area contributed by atoms with Crippen molar-refractivity contribution < 1.29 is 40.9 Å². The molecule has 0 spiro atoms. The highest BCUT2D eigenvalue weighted by Gasteiger charge is 2.11. The van der Waals surface area contributed by atoms with E-state index in [2.05, 4.69) is 4.74 Å². The molecule has 0 amide bonds. The molecule has 0 rings (SSSR count). The first-order valence-electron chi connectivity index (χ1n) is 4.32. The van der Waals surface area contributed by atoms with Gasteiger partial charge in [0, 0.05) is 0 Å². The van der Waals surface area contributed by atoms with Crippen molar-refractivity contribution in [2.75, 3.05) is 37.9 Å². The second-order valence-electron chi connectivity index (χ2n) is 2.63. The number of hydrogen-bond donors (Lipinski definition) is 4. The fourth-order valence-electron chi connectivity index (χ4n) is 0.442. The first-order valence-corrected chi connectivity index (χ1v) is 7.54. The molecule has 0 aromatic rings. The lowest BCUT2D eigenvalue weighted by molar-refractivity contribution is 0.0650. The standard InChI is InChI=1S/C4H10O3.C2H6O6S2/c5-1-3-7-4-2-6;3-9(4,5)1-2-10(6,7)8/h5-6H,1-4H2;1-2H2,(H,3,4,5)(H,6,7,8). The van der Waals surface area contributed by atoms with Crippen molar-refractivity contribution in [2.45, 2.75) is 0 Å². The predicted molar refractivity (Wildman–Crippen MR) is 57.8 cm³/mol. The number of aliphatic hydroxyl groups excluding tert-OH is 2. The Morgan fingerprint density at radius 3 is 1.24 bits per heavy atom. The zero-order valence-electron chi connectivity index (χ0n) is 8.89. The Balaban J connectivity index is 0. The van der Waals surface area contributed by atoms with Gasteiger partial charge in [0.15, 0.2) is 0 Å². The molecule has 106 valence electrons. The van der Waals surface area contributed by atoms with Gasteiger partial charge in [-0.15, -0.1) is 0 Å². The van der Waals surface area contributed by atoms with E-state index in [4.69, 9.17) is 19.3 Å². The third-order valence-electron chi connectivity index (χ3n) is 1.07. The average molecular weight is 296 g/mol. The molecule has 0 aromatic carbocycles. The molecule has 0 heterocycles. The van der Waals surface area contributed by atoms with E-state index >= 15 is 0 Å². The lowest BCUT2D eigenvalue weighted by atomic mass is 10.7. The molecule has 9 nitrogen and oxygen atoms in total. The monoisotopic (exact) mass is 296 g/mol. The molecule has 17 heavy (non-hydrogen) atoms. The molecular formula is C6H16O9S2. The lowest BCUT2D eigenvalue weighted by Gasteiger charge is -1.94. The van der Waals surface area contributed by atoms with E-state index in [0.717, 1.165) is 0 Å². The molecular weight excluding hydrogens is 280 g/mol. The topological polar surface area (TPSA) is 158 Å². The van der Waals surface area contributed by atoms with Crippen LogP contribution in [-0.4, -0.2) is 74.1 Å². The summed E-state index contributed by atoms with van der Waals surface area (Å²) in [4.78, 5) is 0. The van der Waals surface area contributed by atoms with Crippen molar-refractivity contribution >= 4 is 20.2 Å². The minimum atomic E-state index is -4.30. The highest BCUT2D eigenvalue weighted by Crippen LogP contribution is 1.86. The van der Waals surface area contributed by atoms with Gasteiger partial charge in [-0.3, -0.25) is 9.11 Å². The second kappa shape index (κ2) is 9.70. The van der Waals surface area contributed by atoms with E-state index < -0.39 is 31.7 Å². The van der Waals surface area contributed by atoms with Crippen LogP contribution in [0.3, 0.4) is 0 Å². The predicted octanol–water partition coefficient (Wildman–Crippen LogP) is -2.25. The van der Waals surface area contributed by atoms with Gasteiger partial charge in [0.2, 0.25) is 0 Å². The van der Waals surface area contributed by atoms with Crippen LogP contribution < -0.4 is 0 Å². The molecule has 0 fully saturated rings. The maximum atomic E-state index is 9.86. The lowest BCUT2D eigenvalue weighted by Crippen LogP contribution is -2.15. The van der Waals surface area contributed by atoms with Gasteiger partial charge in [-0.25, -0.2) is 0 Å². The summed E-state index contributed by atoms with van der Waals surface area (Å²) in [6.07, 6.45) is 0. The van der Waals surface area contributed by atoms with Gasteiger partial charge in [0.05, 0.1) is 37.9 Å². The number of ether oxygens (including phenoxy) is 1. The summed E-state index contributed by atoms with van der Waals surface area (Å²) in [5.74, 6) is -1.96. The summed E-state index contributed by atoms with van der Waals surface area (Å²) in [5, 5.41) is 16.2. The maximum absolute atomic E-state index is 9.86. The third kappa shape index (κ3) is 25.7. The van der Waals surface area contributed by atoms with Crippen LogP contribution in [-0.2, 0) is 25.0 Å². The molecule has 0 aliphatic heterocycles. The Labute approximate surface area is 99.5 Å². The smallest absolute Gasteiger partial charge is 0.265 e. The molecule has 0 aliphatic carbocycles. The highest BCUT2D eigenvalue weighted by molar-refractivity contribution is 7.89. The largest absolute Gasteiger partial charge is 0.394 e. The van der Waals surface area contributed by atoms with Gasteiger partial charge in [-0.1, -0.05) is 0 Å². The van der Waals surface area contributed by atoms with Gasteiger partial charge in [0.1, 0.15) is 0 Å². The van der Waals surface area contributed by atoms with E-state index in [9.17, 15) is 16.8 Å². The molecule has 11 heteroatoms. The fraction of sp³-hybridized carbons (Fsp3) is 1.00. The third-order valence-corrected chi connectivity index (χ3v) is 2.77. The quantitative estimate of drug-likeness (QED) is 0.300. The van der Waals surface area contributed by atoms with Crippen molar-refractivity contribution in [3.05, 3.63) is 0 Å².